The van der Waals surface area contributed by atoms with E-state index < -0.39 is 0 Å². The number of carbonyl (C=O) groups is 2. The highest BCUT2D eigenvalue weighted by Crippen LogP contribution is 2.25. The Labute approximate surface area is 200 Å². The minimum absolute atomic E-state index is 0.0685. The van der Waals surface area contributed by atoms with E-state index in [1.165, 1.54) is 0 Å². The summed E-state index contributed by atoms with van der Waals surface area (Å²) >= 11 is 0. The highest BCUT2D eigenvalue weighted by atomic mass is 16.2. The SMILES string of the molecule is O=C(CN1CCC(C(=O)N2CCCC2)CC1)Nc1cc(-c2ccccc2)nn1-c1ccccc1. The number of nitrogens with one attached hydrogen (secondary N) is 1. The summed E-state index contributed by atoms with van der Waals surface area (Å²) < 4.78 is 1.78. The molecule has 2 aliphatic heterocycles. The molecule has 5 rings (SSSR count). The van der Waals surface area contributed by atoms with Crippen LogP contribution in [0.3, 0.4) is 0 Å². The monoisotopic (exact) mass is 457 g/mol. The van der Waals surface area contributed by atoms with Gasteiger partial charge in [-0.25, -0.2) is 4.68 Å². The van der Waals surface area contributed by atoms with Gasteiger partial charge in [0.05, 0.1) is 17.9 Å². The highest BCUT2D eigenvalue weighted by molar-refractivity contribution is 5.92. The Morgan fingerprint density at radius 1 is 0.882 bits per heavy atom. The zero-order valence-electron chi connectivity index (χ0n) is 19.4. The van der Waals surface area contributed by atoms with Crippen molar-refractivity contribution in [3.8, 4) is 16.9 Å². The number of piperidine rings is 1. The number of carbonyl (C=O) groups excluding carboxylic acids is 2. The number of anilines is 1. The van der Waals surface area contributed by atoms with Crippen molar-refractivity contribution >= 4 is 17.6 Å². The lowest BCUT2D eigenvalue weighted by Crippen LogP contribution is -2.44. The van der Waals surface area contributed by atoms with E-state index in [1.807, 2.05) is 71.6 Å². The van der Waals surface area contributed by atoms with Gasteiger partial charge in [0, 0.05) is 30.6 Å². The number of para-hydroxylation sites is 1. The number of rotatable bonds is 6. The van der Waals surface area contributed by atoms with E-state index in [2.05, 4.69) is 10.2 Å². The van der Waals surface area contributed by atoms with Crippen molar-refractivity contribution in [3.05, 3.63) is 66.7 Å². The molecule has 2 aromatic carbocycles. The van der Waals surface area contributed by atoms with Crippen LogP contribution in [0.25, 0.3) is 16.9 Å². The Bertz CT molecular complexity index is 1110. The molecule has 7 heteroatoms. The van der Waals surface area contributed by atoms with Crippen LogP contribution in [-0.2, 0) is 9.59 Å². The molecule has 0 saturated carbocycles. The van der Waals surface area contributed by atoms with Gasteiger partial charge >= 0.3 is 0 Å². The van der Waals surface area contributed by atoms with E-state index in [-0.39, 0.29) is 11.8 Å². The van der Waals surface area contributed by atoms with Gasteiger partial charge in [0.25, 0.3) is 0 Å². The number of benzene rings is 2. The third-order valence-electron chi connectivity index (χ3n) is 6.77. The first kappa shape index (κ1) is 22.3. The molecule has 2 fully saturated rings. The molecule has 0 unspecified atom stereocenters. The van der Waals surface area contributed by atoms with Crippen LogP contribution < -0.4 is 5.32 Å². The Morgan fingerprint density at radius 3 is 2.21 bits per heavy atom. The minimum Gasteiger partial charge on any atom is -0.342 e. The lowest BCUT2D eigenvalue weighted by Gasteiger charge is -2.32. The number of hydrogen-bond donors (Lipinski definition) is 1. The normalized spacial score (nSPS) is 17.1. The predicted octanol–water partition coefficient (Wildman–Crippen LogP) is 3.81. The van der Waals surface area contributed by atoms with Crippen LogP contribution >= 0.6 is 0 Å². The molecule has 0 atom stereocenters. The molecule has 0 bridgehead atoms. The largest absolute Gasteiger partial charge is 0.342 e. The van der Waals surface area contributed by atoms with Crippen molar-refractivity contribution in [2.24, 2.45) is 5.92 Å². The fourth-order valence-electron chi connectivity index (χ4n) is 4.91. The van der Waals surface area contributed by atoms with Gasteiger partial charge in [-0.3, -0.25) is 14.5 Å². The summed E-state index contributed by atoms with van der Waals surface area (Å²) in [5, 5.41) is 7.83. The zero-order valence-corrected chi connectivity index (χ0v) is 19.4. The van der Waals surface area contributed by atoms with Gasteiger partial charge in [-0.15, -0.1) is 0 Å². The molecule has 34 heavy (non-hydrogen) atoms. The summed E-state index contributed by atoms with van der Waals surface area (Å²) in [7, 11) is 0. The third kappa shape index (κ3) is 5.04. The summed E-state index contributed by atoms with van der Waals surface area (Å²) in [6, 6.07) is 21.7. The van der Waals surface area contributed by atoms with E-state index in [4.69, 9.17) is 5.10 Å². The topological polar surface area (TPSA) is 70.5 Å². The van der Waals surface area contributed by atoms with Gasteiger partial charge in [0.15, 0.2) is 0 Å². The van der Waals surface area contributed by atoms with Gasteiger partial charge in [0.1, 0.15) is 5.82 Å². The van der Waals surface area contributed by atoms with Gasteiger partial charge < -0.3 is 10.2 Å². The Kier molecular flexibility index (Phi) is 6.72. The second-order valence-corrected chi connectivity index (χ2v) is 9.16. The van der Waals surface area contributed by atoms with Crippen molar-refractivity contribution < 1.29 is 9.59 Å². The molecule has 3 aromatic rings. The molecule has 3 heterocycles. The Balaban J connectivity index is 1.24. The number of aromatic nitrogens is 2. The standard InChI is InChI=1S/C27H31N5O2/c33-26(20-30-17-13-22(14-18-30)27(34)31-15-7-8-16-31)28-25-19-24(21-9-3-1-4-10-21)29-32(25)23-11-5-2-6-12-23/h1-6,9-12,19,22H,7-8,13-18,20H2,(H,28,33). The van der Waals surface area contributed by atoms with Crippen LogP contribution in [0.4, 0.5) is 5.82 Å². The summed E-state index contributed by atoms with van der Waals surface area (Å²) in [6.45, 7) is 3.66. The van der Waals surface area contributed by atoms with Crippen LogP contribution in [-0.4, -0.2) is 64.1 Å². The summed E-state index contributed by atoms with van der Waals surface area (Å²) in [6.07, 6.45) is 3.89. The molecule has 0 aliphatic carbocycles. The molecular formula is C27H31N5O2. The molecule has 1 N–H and O–H groups in total. The average molecular weight is 458 g/mol. The van der Waals surface area contributed by atoms with Gasteiger partial charge in [0.2, 0.25) is 11.8 Å². The molecule has 2 aliphatic rings. The Hall–Kier alpha value is -3.45. The third-order valence-corrected chi connectivity index (χ3v) is 6.77. The van der Waals surface area contributed by atoms with Gasteiger partial charge in [-0.2, -0.15) is 5.10 Å². The number of hydrogen-bond acceptors (Lipinski definition) is 4. The maximum atomic E-state index is 13.0. The number of nitrogens with zero attached hydrogens (tertiary/aromatic N) is 4. The highest BCUT2D eigenvalue weighted by Gasteiger charge is 2.30. The molecule has 7 nitrogen and oxygen atoms in total. The fraction of sp³-hybridized carbons (Fsp3) is 0.370. The molecule has 1 aromatic heterocycles. The van der Waals surface area contributed by atoms with Crippen molar-refractivity contribution in [1.82, 2.24) is 19.6 Å². The summed E-state index contributed by atoms with van der Waals surface area (Å²) in [5.41, 5.74) is 2.69. The number of amides is 2. The van der Waals surface area contributed by atoms with E-state index in [9.17, 15) is 9.59 Å². The molecule has 176 valence electrons. The molecule has 2 amide bonds. The van der Waals surface area contributed by atoms with E-state index >= 15 is 0 Å². The van der Waals surface area contributed by atoms with Crippen LogP contribution in [0.2, 0.25) is 0 Å². The maximum absolute atomic E-state index is 13.0. The van der Waals surface area contributed by atoms with Crippen LogP contribution in [0.15, 0.2) is 66.7 Å². The molecule has 2 saturated heterocycles. The van der Waals surface area contributed by atoms with Crippen molar-refractivity contribution in [2.45, 2.75) is 25.7 Å². The first-order chi connectivity index (χ1) is 16.7. The van der Waals surface area contributed by atoms with Gasteiger partial charge in [-0.05, 0) is 50.9 Å². The second-order valence-electron chi connectivity index (χ2n) is 9.16. The lowest BCUT2D eigenvalue weighted by atomic mass is 9.95. The van der Waals surface area contributed by atoms with Crippen LogP contribution in [0.5, 0.6) is 0 Å². The Morgan fingerprint density at radius 2 is 1.53 bits per heavy atom. The predicted molar refractivity (Wildman–Crippen MR) is 133 cm³/mol. The maximum Gasteiger partial charge on any atom is 0.239 e. The summed E-state index contributed by atoms with van der Waals surface area (Å²) in [5.74, 6) is 0.988. The van der Waals surface area contributed by atoms with Gasteiger partial charge in [-0.1, -0.05) is 48.5 Å². The summed E-state index contributed by atoms with van der Waals surface area (Å²) in [4.78, 5) is 29.8. The fourth-order valence-corrected chi connectivity index (χ4v) is 4.91. The molecule has 0 spiro atoms. The smallest absolute Gasteiger partial charge is 0.239 e. The van der Waals surface area contributed by atoms with Crippen molar-refractivity contribution in [3.63, 3.8) is 0 Å². The quantitative estimate of drug-likeness (QED) is 0.611. The molecular weight excluding hydrogens is 426 g/mol. The zero-order chi connectivity index (χ0) is 23.3. The van der Waals surface area contributed by atoms with E-state index in [1.54, 1.807) is 4.68 Å². The van der Waals surface area contributed by atoms with E-state index in [0.29, 0.717) is 18.3 Å². The van der Waals surface area contributed by atoms with Crippen LogP contribution in [0.1, 0.15) is 25.7 Å². The lowest BCUT2D eigenvalue weighted by molar-refractivity contribution is -0.136. The van der Waals surface area contributed by atoms with E-state index in [0.717, 1.165) is 68.8 Å². The minimum atomic E-state index is -0.0685. The van der Waals surface area contributed by atoms with Crippen molar-refractivity contribution in [2.75, 3.05) is 38.0 Å². The van der Waals surface area contributed by atoms with Crippen LogP contribution in [0, 0.1) is 5.92 Å². The molecule has 0 radical (unpaired) electrons. The number of likely N-dealkylation sites (tertiary alicyclic amines) is 2. The van der Waals surface area contributed by atoms with Crippen molar-refractivity contribution in [1.29, 1.82) is 0 Å². The average Bonchev–Trinajstić information content (AvgIpc) is 3.56. The second kappa shape index (κ2) is 10.2. The first-order valence-electron chi connectivity index (χ1n) is 12.2. The first-order valence-corrected chi connectivity index (χ1v) is 12.2.